The summed E-state index contributed by atoms with van der Waals surface area (Å²) in [4.78, 5) is 11.9. The van der Waals surface area contributed by atoms with Crippen LogP contribution in [0.4, 0.5) is 17.6 Å². The number of carbonyl (C=O) groups excluding carboxylic acids is 1. The maximum absolute atomic E-state index is 13.0. The lowest BCUT2D eigenvalue weighted by atomic mass is 10.1. The molecular weight excluding hydrogens is 394 g/mol. The van der Waals surface area contributed by atoms with E-state index in [1.807, 2.05) is 0 Å². The summed E-state index contributed by atoms with van der Waals surface area (Å²) in [7, 11) is 0. The number of hydrogen-bond donors (Lipinski definition) is 1. The third-order valence-electron chi connectivity index (χ3n) is 3.44. The third-order valence-corrected chi connectivity index (χ3v) is 4.59. The number of amides is 1. The number of halogens is 5. The zero-order valence-electron chi connectivity index (χ0n) is 12.8. The number of carbonyl (C=O) groups is 1. The molecular formula is C15H14BrF4N3O. The lowest BCUT2D eigenvalue weighted by Crippen LogP contribution is -2.29. The molecule has 0 fully saturated rings. The highest BCUT2D eigenvalue weighted by molar-refractivity contribution is 9.10. The molecule has 2 aromatic rings. The highest BCUT2D eigenvalue weighted by atomic mass is 79.9. The SMILES string of the molecule is Cc1nn(CC(=O)NCc2ccc(F)cc2C(F)(F)F)c(C)c1Br. The fraction of sp³-hybridized carbons (Fsp3) is 0.333. The fourth-order valence-electron chi connectivity index (χ4n) is 2.18. The molecule has 0 aliphatic rings. The van der Waals surface area contributed by atoms with E-state index in [0.717, 1.165) is 22.3 Å². The number of hydrogen-bond acceptors (Lipinski definition) is 2. The molecule has 4 nitrogen and oxygen atoms in total. The molecule has 1 amide bonds. The minimum absolute atomic E-state index is 0.124. The first-order valence-corrected chi connectivity index (χ1v) is 7.70. The van der Waals surface area contributed by atoms with Crippen molar-refractivity contribution in [2.24, 2.45) is 0 Å². The Bertz CT molecular complexity index is 771. The Morgan fingerprint density at radius 1 is 1.33 bits per heavy atom. The van der Waals surface area contributed by atoms with Crippen LogP contribution in [0.15, 0.2) is 22.7 Å². The zero-order valence-corrected chi connectivity index (χ0v) is 14.4. The van der Waals surface area contributed by atoms with Crippen LogP contribution >= 0.6 is 15.9 Å². The topological polar surface area (TPSA) is 46.9 Å². The van der Waals surface area contributed by atoms with Gasteiger partial charge in [-0.25, -0.2) is 4.39 Å². The van der Waals surface area contributed by atoms with Gasteiger partial charge in [0, 0.05) is 6.54 Å². The second-order valence-electron chi connectivity index (χ2n) is 5.22. The summed E-state index contributed by atoms with van der Waals surface area (Å²) < 4.78 is 54.0. The normalized spacial score (nSPS) is 11.6. The van der Waals surface area contributed by atoms with Gasteiger partial charge in [0.1, 0.15) is 12.4 Å². The van der Waals surface area contributed by atoms with Gasteiger partial charge in [0.25, 0.3) is 0 Å². The molecule has 0 radical (unpaired) electrons. The summed E-state index contributed by atoms with van der Waals surface area (Å²) in [5, 5.41) is 6.55. The molecule has 1 N–H and O–H groups in total. The van der Waals surface area contributed by atoms with Crippen molar-refractivity contribution in [3.63, 3.8) is 0 Å². The number of nitrogens with one attached hydrogen (secondary N) is 1. The number of benzene rings is 1. The van der Waals surface area contributed by atoms with Crippen molar-refractivity contribution in [2.75, 3.05) is 0 Å². The predicted molar refractivity (Wildman–Crippen MR) is 82.6 cm³/mol. The van der Waals surface area contributed by atoms with E-state index in [1.54, 1.807) is 13.8 Å². The van der Waals surface area contributed by atoms with Crippen molar-refractivity contribution in [3.8, 4) is 0 Å². The average molecular weight is 408 g/mol. The fourth-order valence-corrected chi connectivity index (χ4v) is 2.47. The second-order valence-corrected chi connectivity index (χ2v) is 6.01. The van der Waals surface area contributed by atoms with E-state index in [2.05, 4.69) is 26.3 Å². The van der Waals surface area contributed by atoms with E-state index in [1.165, 1.54) is 4.68 Å². The van der Waals surface area contributed by atoms with Gasteiger partial charge in [-0.3, -0.25) is 9.48 Å². The molecule has 0 atom stereocenters. The minimum Gasteiger partial charge on any atom is -0.350 e. The average Bonchev–Trinajstić information content (AvgIpc) is 2.72. The van der Waals surface area contributed by atoms with Gasteiger partial charge in [0.2, 0.25) is 5.91 Å². The Morgan fingerprint density at radius 3 is 2.54 bits per heavy atom. The van der Waals surface area contributed by atoms with Crippen LogP contribution in [0.3, 0.4) is 0 Å². The molecule has 0 saturated carbocycles. The molecule has 0 aliphatic carbocycles. The number of aromatic nitrogens is 2. The molecule has 9 heteroatoms. The molecule has 0 aliphatic heterocycles. The van der Waals surface area contributed by atoms with E-state index < -0.39 is 23.5 Å². The van der Waals surface area contributed by atoms with Crippen LogP contribution in [0.5, 0.6) is 0 Å². The summed E-state index contributed by atoms with van der Waals surface area (Å²) in [6, 6.07) is 2.35. The standard InChI is InChI=1S/C15H14BrF4N3O/c1-8-14(16)9(2)23(22-8)7-13(24)21-6-10-3-4-11(17)5-12(10)15(18,19)20/h3-5H,6-7H2,1-2H3,(H,21,24). The van der Waals surface area contributed by atoms with Gasteiger partial charge in [-0.2, -0.15) is 18.3 Å². The smallest absolute Gasteiger partial charge is 0.350 e. The molecule has 0 saturated heterocycles. The largest absolute Gasteiger partial charge is 0.416 e. The van der Waals surface area contributed by atoms with Crippen LogP contribution < -0.4 is 5.32 Å². The first kappa shape index (κ1) is 18.4. The highest BCUT2D eigenvalue weighted by Gasteiger charge is 2.33. The predicted octanol–water partition coefficient (Wildman–Crippen LogP) is 3.74. The van der Waals surface area contributed by atoms with Gasteiger partial charge in [0.05, 0.1) is 21.4 Å². The van der Waals surface area contributed by atoms with E-state index in [-0.39, 0.29) is 18.7 Å². The van der Waals surface area contributed by atoms with E-state index >= 15 is 0 Å². The maximum Gasteiger partial charge on any atom is 0.416 e. The molecule has 0 spiro atoms. The molecule has 0 unspecified atom stereocenters. The van der Waals surface area contributed by atoms with Crippen LogP contribution in [-0.2, 0) is 24.1 Å². The molecule has 2 rings (SSSR count). The van der Waals surface area contributed by atoms with Crippen LogP contribution in [-0.4, -0.2) is 15.7 Å². The van der Waals surface area contributed by atoms with Crippen LogP contribution in [0.1, 0.15) is 22.5 Å². The molecule has 1 heterocycles. The molecule has 0 bridgehead atoms. The van der Waals surface area contributed by atoms with Gasteiger partial charge >= 0.3 is 6.18 Å². The Morgan fingerprint density at radius 2 is 2.00 bits per heavy atom. The first-order chi connectivity index (χ1) is 11.1. The quantitative estimate of drug-likeness (QED) is 0.784. The van der Waals surface area contributed by atoms with Crippen molar-refractivity contribution < 1.29 is 22.4 Å². The van der Waals surface area contributed by atoms with Gasteiger partial charge in [-0.15, -0.1) is 0 Å². The molecule has 1 aromatic carbocycles. The molecule has 24 heavy (non-hydrogen) atoms. The minimum atomic E-state index is -4.69. The van der Waals surface area contributed by atoms with Gasteiger partial charge in [-0.1, -0.05) is 6.07 Å². The third kappa shape index (κ3) is 4.14. The lowest BCUT2D eigenvalue weighted by Gasteiger charge is -2.14. The van der Waals surface area contributed by atoms with Crippen molar-refractivity contribution >= 4 is 21.8 Å². The van der Waals surface area contributed by atoms with Gasteiger partial charge in [0.15, 0.2) is 0 Å². The summed E-state index contributed by atoms with van der Waals surface area (Å²) in [6.45, 7) is 3.05. The number of rotatable bonds is 4. The van der Waals surface area contributed by atoms with E-state index in [9.17, 15) is 22.4 Å². The van der Waals surface area contributed by atoms with E-state index in [0.29, 0.717) is 11.8 Å². The summed E-state index contributed by atoms with van der Waals surface area (Å²) in [5.74, 6) is -1.48. The first-order valence-electron chi connectivity index (χ1n) is 6.91. The summed E-state index contributed by atoms with van der Waals surface area (Å²) in [6.07, 6.45) is -4.69. The van der Waals surface area contributed by atoms with Crippen LogP contribution in [0.2, 0.25) is 0 Å². The number of alkyl halides is 3. The van der Waals surface area contributed by atoms with E-state index in [4.69, 9.17) is 0 Å². The Hall–Kier alpha value is -1.90. The Labute approximate surface area is 144 Å². The number of aryl methyl sites for hydroxylation is 1. The van der Waals surface area contributed by atoms with Crippen LogP contribution in [0.25, 0.3) is 0 Å². The summed E-state index contributed by atoms with van der Waals surface area (Å²) in [5.41, 5.74) is 0.141. The van der Waals surface area contributed by atoms with Gasteiger partial charge in [-0.05, 0) is 47.5 Å². The van der Waals surface area contributed by atoms with Crippen molar-refractivity contribution in [1.29, 1.82) is 0 Å². The van der Waals surface area contributed by atoms with Crippen LogP contribution in [0, 0.1) is 19.7 Å². The molecule has 130 valence electrons. The maximum atomic E-state index is 13.0. The number of nitrogens with zero attached hydrogens (tertiary/aromatic N) is 2. The van der Waals surface area contributed by atoms with Crippen molar-refractivity contribution in [3.05, 3.63) is 51.0 Å². The summed E-state index contributed by atoms with van der Waals surface area (Å²) >= 11 is 3.33. The highest BCUT2D eigenvalue weighted by Crippen LogP contribution is 2.32. The van der Waals surface area contributed by atoms with Crippen molar-refractivity contribution in [1.82, 2.24) is 15.1 Å². The zero-order chi connectivity index (χ0) is 18.1. The second kappa shape index (κ2) is 6.92. The molecule has 1 aromatic heterocycles. The monoisotopic (exact) mass is 407 g/mol. The Kier molecular flexibility index (Phi) is 5.32. The van der Waals surface area contributed by atoms with Gasteiger partial charge < -0.3 is 5.32 Å². The Balaban J connectivity index is 2.08. The lowest BCUT2D eigenvalue weighted by molar-refractivity contribution is -0.138. The van der Waals surface area contributed by atoms with Crippen molar-refractivity contribution in [2.45, 2.75) is 33.1 Å².